The molecule has 1 spiro atoms. The van der Waals surface area contributed by atoms with E-state index in [1.54, 1.807) is 0 Å². The Morgan fingerprint density at radius 1 is 1.41 bits per heavy atom. The molecule has 0 aromatic heterocycles. The van der Waals surface area contributed by atoms with E-state index in [2.05, 4.69) is 5.32 Å². The molecule has 2 amide bonds. The SMILES string of the molecule is O=C1CC2(CSOc3ccc(F)cc32)C(=O)N1. The molecule has 0 saturated carbocycles. The Bertz CT molecular complexity index is 533. The fourth-order valence-electron chi connectivity index (χ4n) is 2.20. The molecule has 0 radical (unpaired) electrons. The van der Waals surface area contributed by atoms with Crippen LogP contribution in [0.25, 0.3) is 0 Å². The molecular formula is C11H8FNO3S. The number of carbonyl (C=O) groups is 2. The molecule has 0 aliphatic carbocycles. The maximum Gasteiger partial charge on any atom is 0.238 e. The number of fused-ring (bicyclic) bond motifs is 2. The summed E-state index contributed by atoms with van der Waals surface area (Å²) >= 11 is 1.11. The lowest BCUT2D eigenvalue weighted by atomic mass is 9.80. The first-order valence-corrected chi connectivity index (χ1v) is 5.97. The summed E-state index contributed by atoms with van der Waals surface area (Å²) < 4.78 is 18.6. The van der Waals surface area contributed by atoms with E-state index >= 15 is 0 Å². The first-order valence-electron chi connectivity index (χ1n) is 5.06. The quantitative estimate of drug-likeness (QED) is 0.556. The molecule has 1 fully saturated rings. The molecule has 17 heavy (non-hydrogen) atoms. The number of carbonyl (C=O) groups excluding carboxylic acids is 2. The van der Waals surface area contributed by atoms with Crippen LogP contribution < -0.4 is 9.50 Å². The van der Waals surface area contributed by atoms with Crippen molar-refractivity contribution >= 4 is 23.9 Å². The summed E-state index contributed by atoms with van der Waals surface area (Å²) in [5, 5.41) is 2.27. The highest BCUT2D eigenvalue weighted by molar-refractivity contribution is 7.95. The Hall–Kier alpha value is -1.56. The Morgan fingerprint density at radius 2 is 2.24 bits per heavy atom. The predicted molar refractivity (Wildman–Crippen MR) is 58.9 cm³/mol. The number of halogens is 1. The van der Waals surface area contributed by atoms with Crippen LogP contribution in [0, 0.1) is 5.82 Å². The maximum atomic E-state index is 13.3. The van der Waals surface area contributed by atoms with Crippen molar-refractivity contribution in [3.05, 3.63) is 29.6 Å². The second kappa shape index (κ2) is 3.46. The number of nitrogens with one attached hydrogen (secondary N) is 1. The van der Waals surface area contributed by atoms with E-state index < -0.39 is 11.2 Å². The zero-order chi connectivity index (χ0) is 12.0. The second-order valence-electron chi connectivity index (χ2n) is 4.12. The Morgan fingerprint density at radius 3 is 2.94 bits per heavy atom. The molecule has 1 aromatic carbocycles. The Kier molecular flexibility index (Phi) is 2.16. The number of imide groups is 1. The van der Waals surface area contributed by atoms with Gasteiger partial charge >= 0.3 is 0 Å². The van der Waals surface area contributed by atoms with Gasteiger partial charge in [0.15, 0.2) is 0 Å². The van der Waals surface area contributed by atoms with Crippen molar-refractivity contribution in [3.63, 3.8) is 0 Å². The lowest BCUT2D eigenvalue weighted by Gasteiger charge is -2.30. The zero-order valence-electron chi connectivity index (χ0n) is 8.66. The van der Waals surface area contributed by atoms with E-state index in [0.717, 1.165) is 12.0 Å². The number of amides is 2. The number of benzene rings is 1. The smallest absolute Gasteiger partial charge is 0.238 e. The standard InChI is InChI=1S/C11H8FNO3S/c12-6-1-2-8-7(3-6)11(5-17-16-8)4-9(14)13-10(11)15/h1-3H,4-5H2,(H,13,14,15). The molecule has 88 valence electrons. The Balaban J connectivity index is 2.19. The predicted octanol–water partition coefficient (Wildman–Crippen LogP) is 1.15. The fraction of sp³-hybridized carbons (Fsp3) is 0.273. The maximum absolute atomic E-state index is 13.3. The minimum absolute atomic E-state index is 0.0542. The van der Waals surface area contributed by atoms with Gasteiger partial charge in [0.2, 0.25) is 11.8 Å². The fourth-order valence-corrected chi connectivity index (χ4v) is 3.12. The summed E-state index contributed by atoms with van der Waals surface area (Å²) in [4.78, 5) is 23.3. The second-order valence-corrected chi connectivity index (χ2v) is 4.81. The molecule has 1 N–H and O–H groups in total. The molecule has 3 rings (SSSR count). The third-order valence-corrected chi connectivity index (χ3v) is 3.97. The van der Waals surface area contributed by atoms with E-state index in [4.69, 9.17) is 4.18 Å². The van der Waals surface area contributed by atoms with Crippen molar-refractivity contribution in [1.29, 1.82) is 0 Å². The third kappa shape index (κ3) is 1.44. The van der Waals surface area contributed by atoms with Gasteiger partial charge in [0.25, 0.3) is 0 Å². The van der Waals surface area contributed by atoms with Gasteiger partial charge in [-0.15, -0.1) is 0 Å². The van der Waals surface area contributed by atoms with Crippen molar-refractivity contribution in [2.45, 2.75) is 11.8 Å². The van der Waals surface area contributed by atoms with Gasteiger partial charge in [0, 0.05) is 12.0 Å². The minimum Gasteiger partial charge on any atom is -0.425 e. The van der Waals surface area contributed by atoms with Gasteiger partial charge in [-0.25, -0.2) is 4.39 Å². The van der Waals surface area contributed by atoms with Crippen LogP contribution in [0.2, 0.25) is 0 Å². The summed E-state index contributed by atoms with van der Waals surface area (Å²) in [5.74, 6) is -0.364. The monoisotopic (exact) mass is 253 g/mol. The van der Waals surface area contributed by atoms with E-state index in [9.17, 15) is 14.0 Å². The molecule has 2 aliphatic rings. The highest BCUT2D eigenvalue weighted by Gasteiger charge is 2.51. The normalized spacial score (nSPS) is 26.6. The first kappa shape index (κ1) is 10.6. The van der Waals surface area contributed by atoms with Gasteiger partial charge < -0.3 is 4.18 Å². The van der Waals surface area contributed by atoms with Crippen LogP contribution in [-0.2, 0) is 15.0 Å². The summed E-state index contributed by atoms with van der Waals surface area (Å²) in [6.45, 7) is 0. The largest absolute Gasteiger partial charge is 0.425 e. The molecule has 2 aliphatic heterocycles. The molecule has 1 unspecified atom stereocenters. The molecule has 6 heteroatoms. The van der Waals surface area contributed by atoms with E-state index in [1.807, 2.05) is 0 Å². The first-order chi connectivity index (χ1) is 8.12. The van der Waals surface area contributed by atoms with Crippen molar-refractivity contribution < 1.29 is 18.2 Å². The van der Waals surface area contributed by atoms with Crippen LogP contribution in [0.3, 0.4) is 0 Å². The zero-order valence-corrected chi connectivity index (χ0v) is 9.47. The van der Waals surface area contributed by atoms with Crippen molar-refractivity contribution in [1.82, 2.24) is 5.32 Å². The number of rotatable bonds is 0. The van der Waals surface area contributed by atoms with Gasteiger partial charge in [-0.2, -0.15) is 0 Å². The number of hydrogen-bond acceptors (Lipinski definition) is 4. The highest BCUT2D eigenvalue weighted by Crippen LogP contribution is 2.45. The lowest BCUT2D eigenvalue weighted by molar-refractivity contribution is -0.126. The average Bonchev–Trinajstić information content (AvgIpc) is 2.56. The molecule has 4 nitrogen and oxygen atoms in total. The molecule has 1 atom stereocenters. The van der Waals surface area contributed by atoms with Gasteiger partial charge in [0.05, 0.1) is 23.2 Å². The van der Waals surface area contributed by atoms with Crippen molar-refractivity contribution in [2.24, 2.45) is 0 Å². The van der Waals surface area contributed by atoms with Gasteiger partial charge in [-0.05, 0) is 18.2 Å². The van der Waals surface area contributed by atoms with Gasteiger partial charge in [0.1, 0.15) is 11.6 Å². The van der Waals surface area contributed by atoms with E-state index in [0.29, 0.717) is 17.1 Å². The van der Waals surface area contributed by atoms with Crippen LogP contribution in [0.5, 0.6) is 5.75 Å². The van der Waals surface area contributed by atoms with Crippen LogP contribution in [-0.4, -0.2) is 17.6 Å². The van der Waals surface area contributed by atoms with Gasteiger partial charge in [-0.1, -0.05) is 0 Å². The molecular weight excluding hydrogens is 245 g/mol. The molecule has 2 heterocycles. The topological polar surface area (TPSA) is 55.4 Å². The van der Waals surface area contributed by atoms with Crippen LogP contribution in [0.1, 0.15) is 12.0 Å². The molecule has 0 bridgehead atoms. The van der Waals surface area contributed by atoms with Crippen molar-refractivity contribution in [2.75, 3.05) is 5.75 Å². The van der Waals surface area contributed by atoms with Crippen LogP contribution in [0.4, 0.5) is 4.39 Å². The van der Waals surface area contributed by atoms with Gasteiger partial charge in [-0.3, -0.25) is 14.9 Å². The van der Waals surface area contributed by atoms with E-state index in [-0.39, 0.29) is 18.2 Å². The average molecular weight is 253 g/mol. The summed E-state index contributed by atoms with van der Waals surface area (Å²) in [6, 6.07) is 4.02. The third-order valence-electron chi connectivity index (χ3n) is 3.06. The Labute approximate surface area is 101 Å². The summed E-state index contributed by atoms with van der Waals surface area (Å²) in [5.41, 5.74) is -0.517. The minimum atomic E-state index is -0.975. The van der Waals surface area contributed by atoms with E-state index in [1.165, 1.54) is 18.2 Å². The number of hydrogen-bond donors (Lipinski definition) is 1. The summed E-state index contributed by atoms with van der Waals surface area (Å²) in [7, 11) is 0. The van der Waals surface area contributed by atoms with Crippen LogP contribution in [0.15, 0.2) is 18.2 Å². The molecule has 1 saturated heterocycles. The lowest BCUT2D eigenvalue weighted by Crippen LogP contribution is -2.40. The van der Waals surface area contributed by atoms with Crippen LogP contribution >= 0.6 is 12.0 Å². The molecule has 1 aromatic rings. The summed E-state index contributed by atoms with van der Waals surface area (Å²) in [6.07, 6.45) is 0.0542. The van der Waals surface area contributed by atoms with Crippen molar-refractivity contribution in [3.8, 4) is 5.75 Å². The highest BCUT2D eigenvalue weighted by atomic mass is 32.2.